The molecule has 0 bridgehead atoms. The molecule has 1 aliphatic heterocycles. The molecule has 1 aliphatic rings. The van der Waals surface area contributed by atoms with Gasteiger partial charge in [0.05, 0.1) is 5.56 Å². The van der Waals surface area contributed by atoms with Gasteiger partial charge in [0.2, 0.25) is 5.13 Å². The first-order valence-electron chi connectivity index (χ1n) is 9.41. The molecule has 11 heteroatoms. The van der Waals surface area contributed by atoms with Gasteiger partial charge in [-0.05, 0) is 37.1 Å². The molecule has 0 saturated carbocycles. The van der Waals surface area contributed by atoms with Crippen LogP contribution in [0.4, 0.5) is 18.3 Å². The van der Waals surface area contributed by atoms with E-state index >= 15 is 0 Å². The average Bonchev–Trinajstić information content (AvgIpc) is 3.41. The van der Waals surface area contributed by atoms with E-state index in [-0.39, 0.29) is 5.92 Å². The highest BCUT2D eigenvalue weighted by molar-refractivity contribution is 7.18. The molecule has 0 amide bonds. The maximum atomic E-state index is 13.1. The van der Waals surface area contributed by atoms with E-state index < -0.39 is 11.7 Å². The quantitative estimate of drug-likeness (QED) is 0.488. The van der Waals surface area contributed by atoms with E-state index in [0.29, 0.717) is 18.0 Å². The second kappa shape index (κ2) is 7.31. The summed E-state index contributed by atoms with van der Waals surface area (Å²) in [5.41, 5.74) is 0.453. The molecule has 4 aromatic heterocycles. The zero-order chi connectivity index (χ0) is 20.7. The molecule has 30 heavy (non-hydrogen) atoms. The Hall–Kier alpha value is -3.08. The Labute approximate surface area is 173 Å². The number of alkyl halides is 3. The molecule has 0 N–H and O–H groups in total. The van der Waals surface area contributed by atoms with E-state index in [1.807, 2.05) is 18.2 Å². The van der Waals surface area contributed by atoms with E-state index in [4.69, 9.17) is 0 Å². The van der Waals surface area contributed by atoms with Crippen LogP contribution in [0.15, 0.2) is 42.7 Å². The Kier molecular flexibility index (Phi) is 4.61. The largest absolute Gasteiger partial charge is 0.417 e. The number of hydrogen-bond acceptors (Lipinski definition) is 7. The Morgan fingerprint density at radius 3 is 2.73 bits per heavy atom. The van der Waals surface area contributed by atoms with Crippen LogP contribution in [0, 0.1) is 0 Å². The van der Waals surface area contributed by atoms with Crippen molar-refractivity contribution in [1.82, 2.24) is 29.8 Å². The molecule has 1 unspecified atom stereocenters. The number of pyridine rings is 2. The number of nitrogens with zero attached hydrogens (tertiary/aromatic N) is 7. The molecular weight excluding hydrogens is 415 g/mol. The van der Waals surface area contributed by atoms with Gasteiger partial charge in [-0.2, -0.15) is 13.2 Å². The zero-order valence-corrected chi connectivity index (χ0v) is 16.4. The average molecular weight is 431 g/mol. The first kappa shape index (κ1) is 18.9. The lowest BCUT2D eigenvalue weighted by molar-refractivity contribution is -0.137. The number of halogens is 3. The summed E-state index contributed by atoms with van der Waals surface area (Å²) in [4.78, 5) is 6.41. The molecular formula is C19H16F3N7S. The van der Waals surface area contributed by atoms with Crippen molar-refractivity contribution in [2.45, 2.75) is 24.9 Å². The Morgan fingerprint density at radius 1 is 1.03 bits per heavy atom. The summed E-state index contributed by atoms with van der Waals surface area (Å²) in [6.45, 7) is 1.39. The summed E-state index contributed by atoms with van der Waals surface area (Å²) < 4.78 is 40.9. The molecule has 7 nitrogen and oxygen atoms in total. The van der Waals surface area contributed by atoms with Crippen molar-refractivity contribution >= 4 is 22.1 Å². The minimum atomic E-state index is -4.41. The van der Waals surface area contributed by atoms with E-state index in [2.05, 4.69) is 30.3 Å². The molecule has 0 aromatic carbocycles. The molecule has 154 valence electrons. The highest BCUT2D eigenvalue weighted by atomic mass is 32.1. The van der Waals surface area contributed by atoms with Gasteiger partial charge in [-0.15, -0.1) is 20.4 Å². The number of hydrogen-bond donors (Lipinski definition) is 0. The Balaban J connectivity index is 1.42. The second-order valence-corrected chi connectivity index (χ2v) is 8.05. The predicted molar refractivity (Wildman–Crippen MR) is 105 cm³/mol. The van der Waals surface area contributed by atoms with Crippen LogP contribution in [-0.2, 0) is 6.18 Å². The lowest BCUT2D eigenvalue weighted by Crippen LogP contribution is -2.35. The number of anilines is 1. The third-order valence-electron chi connectivity index (χ3n) is 5.11. The predicted octanol–water partition coefficient (Wildman–Crippen LogP) is 4.05. The van der Waals surface area contributed by atoms with Gasteiger partial charge in [0.15, 0.2) is 10.7 Å². The van der Waals surface area contributed by atoms with Crippen LogP contribution >= 0.6 is 11.3 Å². The fraction of sp³-hybridized carbons (Fsp3) is 0.316. The summed E-state index contributed by atoms with van der Waals surface area (Å²) >= 11 is 1.45. The maximum Gasteiger partial charge on any atom is 0.417 e. The highest BCUT2D eigenvalue weighted by Gasteiger charge is 2.32. The number of rotatable bonds is 3. The first-order chi connectivity index (χ1) is 14.5. The standard InChI is InChI=1S/C19H16F3N7S/c20-19(21,22)13-6-7-15-24-25-16(29(15)11-13)12-4-3-9-28(10-12)18-27-26-17(30-18)14-5-1-2-8-23-14/h1-2,5-8,11-12H,3-4,9-10H2. The van der Waals surface area contributed by atoms with Gasteiger partial charge in [0.1, 0.15) is 11.5 Å². The molecule has 0 aliphatic carbocycles. The van der Waals surface area contributed by atoms with Crippen LogP contribution in [0.25, 0.3) is 16.3 Å². The third-order valence-corrected chi connectivity index (χ3v) is 6.12. The topological polar surface area (TPSA) is 72.1 Å². The lowest BCUT2D eigenvalue weighted by Gasteiger charge is -2.31. The molecule has 1 saturated heterocycles. The summed E-state index contributed by atoms with van der Waals surface area (Å²) in [7, 11) is 0. The van der Waals surface area contributed by atoms with Gasteiger partial charge in [0, 0.05) is 31.4 Å². The van der Waals surface area contributed by atoms with Gasteiger partial charge in [-0.25, -0.2) is 0 Å². The van der Waals surface area contributed by atoms with Gasteiger partial charge >= 0.3 is 6.18 Å². The number of aromatic nitrogens is 6. The molecule has 0 radical (unpaired) electrons. The SMILES string of the molecule is FC(F)(F)c1ccc2nnc(C3CCCN(c4nnc(-c5ccccn5)s4)C3)n2c1. The van der Waals surface area contributed by atoms with E-state index in [1.54, 1.807) is 6.20 Å². The van der Waals surface area contributed by atoms with Crippen molar-refractivity contribution < 1.29 is 13.2 Å². The van der Waals surface area contributed by atoms with Crippen molar-refractivity contribution in [3.8, 4) is 10.7 Å². The van der Waals surface area contributed by atoms with Crippen LogP contribution in [0.5, 0.6) is 0 Å². The minimum Gasteiger partial charge on any atom is -0.346 e. The lowest BCUT2D eigenvalue weighted by atomic mass is 9.97. The van der Waals surface area contributed by atoms with Crippen LogP contribution in [-0.4, -0.2) is 42.9 Å². The van der Waals surface area contributed by atoms with Crippen LogP contribution in [0.3, 0.4) is 0 Å². The molecule has 5 heterocycles. The molecule has 5 rings (SSSR count). The maximum absolute atomic E-state index is 13.1. The van der Waals surface area contributed by atoms with Crippen molar-refractivity contribution in [1.29, 1.82) is 0 Å². The van der Waals surface area contributed by atoms with E-state index in [0.717, 1.165) is 47.5 Å². The Morgan fingerprint density at radius 2 is 1.93 bits per heavy atom. The molecule has 1 atom stereocenters. The van der Waals surface area contributed by atoms with Crippen LogP contribution in [0.1, 0.15) is 30.1 Å². The first-order valence-corrected chi connectivity index (χ1v) is 10.2. The third kappa shape index (κ3) is 3.49. The molecule has 4 aromatic rings. The summed E-state index contributed by atoms with van der Waals surface area (Å²) in [6, 6.07) is 7.99. The van der Waals surface area contributed by atoms with Crippen LogP contribution in [0.2, 0.25) is 0 Å². The van der Waals surface area contributed by atoms with E-state index in [1.165, 1.54) is 21.8 Å². The van der Waals surface area contributed by atoms with Crippen molar-refractivity contribution in [2.24, 2.45) is 0 Å². The molecule has 0 spiro atoms. The zero-order valence-electron chi connectivity index (χ0n) is 15.6. The minimum absolute atomic E-state index is 0.0561. The van der Waals surface area contributed by atoms with Crippen molar-refractivity contribution in [2.75, 3.05) is 18.0 Å². The summed E-state index contributed by atoms with van der Waals surface area (Å²) in [5.74, 6) is 0.481. The van der Waals surface area contributed by atoms with E-state index in [9.17, 15) is 13.2 Å². The van der Waals surface area contributed by atoms with Gasteiger partial charge in [-0.3, -0.25) is 9.38 Å². The van der Waals surface area contributed by atoms with Gasteiger partial charge in [-0.1, -0.05) is 17.4 Å². The number of piperidine rings is 1. The van der Waals surface area contributed by atoms with Crippen LogP contribution < -0.4 is 4.90 Å². The fourth-order valence-corrected chi connectivity index (χ4v) is 4.51. The summed E-state index contributed by atoms with van der Waals surface area (Å²) in [6.07, 6.45) is 0.0614. The normalized spacial score (nSPS) is 17.6. The van der Waals surface area contributed by atoms with Crippen molar-refractivity contribution in [3.63, 3.8) is 0 Å². The number of fused-ring (bicyclic) bond motifs is 1. The van der Waals surface area contributed by atoms with Gasteiger partial charge in [0.25, 0.3) is 0 Å². The smallest absolute Gasteiger partial charge is 0.346 e. The fourth-order valence-electron chi connectivity index (χ4n) is 3.65. The summed E-state index contributed by atoms with van der Waals surface area (Å²) in [5, 5.41) is 18.3. The van der Waals surface area contributed by atoms with Gasteiger partial charge < -0.3 is 4.90 Å². The Bertz CT molecular complexity index is 1170. The highest BCUT2D eigenvalue weighted by Crippen LogP contribution is 2.34. The van der Waals surface area contributed by atoms with Crippen molar-refractivity contribution in [3.05, 3.63) is 54.1 Å². The molecule has 1 fully saturated rings. The monoisotopic (exact) mass is 431 g/mol. The second-order valence-electron chi connectivity index (χ2n) is 7.09.